The van der Waals surface area contributed by atoms with Gasteiger partial charge in [0.15, 0.2) is 0 Å². The number of benzene rings is 2. The largest absolute Gasteiger partial charge is 0.313 e. The molecule has 0 saturated carbocycles. The minimum atomic E-state index is -3.42. The third kappa shape index (κ3) is 3.24. The van der Waals surface area contributed by atoms with E-state index in [1.54, 1.807) is 48.5 Å². The van der Waals surface area contributed by atoms with E-state index < -0.39 is 13.3 Å². The van der Waals surface area contributed by atoms with Crippen molar-refractivity contribution >= 4 is 17.8 Å². The molecule has 0 fully saturated rings. The molecule has 0 aliphatic carbocycles. The highest BCUT2D eigenvalue weighted by molar-refractivity contribution is 7.78. The van der Waals surface area contributed by atoms with Gasteiger partial charge in [-0.3, -0.25) is 0 Å². The van der Waals surface area contributed by atoms with E-state index in [1.165, 1.54) is 6.08 Å². The molecule has 19 heavy (non-hydrogen) atoms. The van der Waals surface area contributed by atoms with Gasteiger partial charge in [-0.2, -0.15) is 0 Å². The highest BCUT2D eigenvalue weighted by atomic mass is 31.2. The van der Waals surface area contributed by atoms with Crippen LogP contribution in [0.5, 0.6) is 0 Å². The van der Waals surface area contributed by atoms with Crippen LogP contribution in [0.25, 0.3) is 0 Å². The summed E-state index contributed by atoms with van der Waals surface area (Å²) in [5, 5.41) is 1.08. The quantitative estimate of drug-likeness (QED) is 0.608. The summed E-state index contributed by atoms with van der Waals surface area (Å²) in [5.74, 6) is 0. The van der Waals surface area contributed by atoms with Crippen molar-refractivity contribution < 1.29 is 7.31 Å². The summed E-state index contributed by atoms with van der Waals surface area (Å²) in [6.45, 7) is 3.64. The molecule has 0 unspecified atom stereocenters. The average molecular weight is 272 g/mol. The van der Waals surface area contributed by atoms with Crippen LogP contribution >= 0.6 is 7.14 Å². The summed E-state index contributed by atoms with van der Waals surface area (Å²) in [5.41, 5.74) is 0.812. The van der Waals surface area contributed by atoms with Crippen LogP contribution in [-0.4, -0.2) is 6.11 Å². The van der Waals surface area contributed by atoms with Crippen molar-refractivity contribution in [1.29, 1.82) is 0 Å². The lowest BCUT2D eigenvalue weighted by Crippen LogP contribution is -2.17. The number of hydrogen-bond donors (Lipinski definition) is 0. The molecule has 2 heteroatoms. The van der Waals surface area contributed by atoms with Crippen LogP contribution in [-0.2, 0) is 4.57 Å². The smallest absolute Gasteiger partial charge is 0.146 e. The van der Waals surface area contributed by atoms with Crippen LogP contribution in [0.4, 0.5) is 0 Å². The molecular weight excluding hydrogens is 251 g/mol. The lowest BCUT2D eigenvalue weighted by molar-refractivity contribution is 0.588. The molecule has 0 amide bonds. The topological polar surface area (TPSA) is 17.1 Å². The molecule has 0 aromatic heterocycles. The number of hydrogen-bond acceptors (Lipinski definition) is 1. The van der Waals surface area contributed by atoms with E-state index in [0.29, 0.717) is 10.6 Å². The Balaban J connectivity index is 2.73. The van der Waals surface area contributed by atoms with E-state index in [1.807, 2.05) is 26.0 Å². The molecule has 2 rings (SSSR count). The summed E-state index contributed by atoms with van der Waals surface area (Å²) in [4.78, 5) is 0. The van der Waals surface area contributed by atoms with Gasteiger partial charge in [0.1, 0.15) is 7.14 Å². The fraction of sp³-hybridized carbons (Fsp3) is 0.176. The molecule has 2 aromatic rings. The van der Waals surface area contributed by atoms with E-state index in [0.717, 1.165) is 5.57 Å². The van der Waals surface area contributed by atoms with Crippen molar-refractivity contribution in [3.05, 3.63) is 72.3 Å². The zero-order chi connectivity index (χ0) is 15.5. The van der Waals surface area contributed by atoms with Crippen molar-refractivity contribution in [3.63, 3.8) is 0 Å². The van der Waals surface area contributed by atoms with Crippen molar-refractivity contribution in [2.75, 3.05) is 6.11 Å². The normalized spacial score (nSPS) is 13.4. The van der Waals surface area contributed by atoms with Gasteiger partial charge in [-0.15, -0.1) is 0 Å². The Hall–Kier alpha value is -1.59. The van der Waals surface area contributed by atoms with Crippen LogP contribution in [0.1, 0.15) is 16.6 Å². The predicted octanol–water partition coefficient (Wildman–Crippen LogP) is 3.97. The maximum absolute atomic E-state index is 13.8. The van der Waals surface area contributed by atoms with Gasteiger partial charge in [0, 0.05) is 19.5 Å². The van der Waals surface area contributed by atoms with Gasteiger partial charge in [0.05, 0.1) is 0 Å². The molecule has 0 saturated heterocycles. The van der Waals surface area contributed by atoms with Gasteiger partial charge in [-0.25, -0.2) is 0 Å². The van der Waals surface area contributed by atoms with E-state index in [2.05, 4.69) is 0 Å². The molecule has 0 aliphatic rings. The number of allylic oxidation sites excluding steroid dienone is 2. The van der Waals surface area contributed by atoms with Crippen LogP contribution in [0.3, 0.4) is 0 Å². The minimum Gasteiger partial charge on any atom is -0.313 e. The lowest BCUT2D eigenvalue weighted by Gasteiger charge is -2.18. The Kier molecular flexibility index (Phi) is 3.58. The standard InChI is InChI=1S/C17H19OP/c1-15(2)13-14-19(18,16-9-5-3-6-10-16)17-11-7-4-8-12-17/h3-13H,14H2,1-2H3/i14D2. The Bertz CT molecular complexity index is 631. The maximum atomic E-state index is 13.8. The molecular formula is C17H19OP. The zero-order valence-electron chi connectivity index (χ0n) is 13.2. The highest BCUT2D eigenvalue weighted by Crippen LogP contribution is 2.43. The Labute approximate surface area is 118 Å². The zero-order valence-corrected chi connectivity index (χ0v) is 12.1. The Morgan fingerprint density at radius 3 is 1.79 bits per heavy atom. The summed E-state index contributed by atoms with van der Waals surface area (Å²) < 4.78 is 30.6. The fourth-order valence-corrected chi connectivity index (χ4v) is 4.01. The first kappa shape index (κ1) is 11.3. The Morgan fingerprint density at radius 2 is 1.42 bits per heavy atom. The first-order chi connectivity index (χ1) is 9.88. The molecule has 0 N–H and O–H groups in total. The van der Waals surface area contributed by atoms with Crippen molar-refractivity contribution in [2.24, 2.45) is 0 Å². The monoisotopic (exact) mass is 272 g/mol. The molecule has 0 atom stereocenters. The van der Waals surface area contributed by atoms with E-state index >= 15 is 0 Å². The molecule has 2 aromatic carbocycles. The second-order valence-corrected chi connectivity index (χ2v) is 7.14. The molecule has 0 spiro atoms. The van der Waals surface area contributed by atoms with Crippen molar-refractivity contribution in [3.8, 4) is 0 Å². The summed E-state index contributed by atoms with van der Waals surface area (Å²) >= 11 is 0. The van der Waals surface area contributed by atoms with Gasteiger partial charge in [0.2, 0.25) is 0 Å². The average Bonchev–Trinajstić information content (AvgIpc) is 2.46. The van der Waals surface area contributed by atoms with Gasteiger partial charge in [0.25, 0.3) is 0 Å². The third-order valence-electron chi connectivity index (χ3n) is 2.77. The highest BCUT2D eigenvalue weighted by Gasteiger charge is 2.25. The van der Waals surface area contributed by atoms with Gasteiger partial charge in [-0.1, -0.05) is 72.3 Å². The fourth-order valence-electron chi connectivity index (χ4n) is 1.79. The lowest BCUT2D eigenvalue weighted by atomic mass is 10.3. The minimum absolute atomic E-state index is 0.540. The molecule has 0 bridgehead atoms. The first-order valence-electron chi connectivity index (χ1n) is 7.25. The van der Waals surface area contributed by atoms with Crippen molar-refractivity contribution in [1.82, 2.24) is 0 Å². The third-order valence-corrected chi connectivity index (χ3v) is 5.32. The van der Waals surface area contributed by atoms with Gasteiger partial charge >= 0.3 is 0 Å². The molecule has 1 nitrogen and oxygen atoms in total. The van der Waals surface area contributed by atoms with Crippen LogP contribution in [0.2, 0.25) is 0 Å². The molecule has 0 heterocycles. The van der Waals surface area contributed by atoms with Gasteiger partial charge < -0.3 is 4.57 Å². The molecule has 0 aliphatic heterocycles. The van der Waals surface area contributed by atoms with E-state index in [4.69, 9.17) is 2.74 Å². The van der Waals surface area contributed by atoms with E-state index in [9.17, 15) is 4.57 Å². The first-order valence-corrected chi connectivity index (χ1v) is 7.96. The van der Waals surface area contributed by atoms with Gasteiger partial charge in [-0.05, 0) is 13.8 Å². The van der Waals surface area contributed by atoms with Crippen molar-refractivity contribution in [2.45, 2.75) is 13.8 Å². The second kappa shape index (κ2) is 6.04. The number of rotatable bonds is 4. The Morgan fingerprint density at radius 1 is 1.00 bits per heavy atom. The van der Waals surface area contributed by atoms with Crippen LogP contribution in [0, 0.1) is 0 Å². The SMILES string of the molecule is [2H]C([2H])(C=C(C)C)P(=O)(c1ccccc1)c1ccccc1. The molecule has 98 valence electrons. The second-order valence-electron chi connectivity index (χ2n) is 4.63. The van der Waals surface area contributed by atoms with Crippen LogP contribution in [0.15, 0.2) is 72.3 Å². The predicted molar refractivity (Wildman–Crippen MR) is 84.1 cm³/mol. The van der Waals surface area contributed by atoms with Crippen LogP contribution < -0.4 is 10.6 Å². The maximum Gasteiger partial charge on any atom is 0.146 e. The molecule has 0 radical (unpaired) electrons. The van der Waals surface area contributed by atoms with E-state index in [-0.39, 0.29) is 0 Å². The summed E-state index contributed by atoms with van der Waals surface area (Å²) in [7, 11) is -3.42. The summed E-state index contributed by atoms with van der Waals surface area (Å²) in [6.07, 6.45) is -0.456. The summed E-state index contributed by atoms with van der Waals surface area (Å²) in [6, 6.07) is 17.8.